The predicted molar refractivity (Wildman–Crippen MR) is 80.8 cm³/mol. The molecule has 1 aliphatic carbocycles. The van der Waals surface area contributed by atoms with Crippen molar-refractivity contribution in [1.82, 2.24) is 9.78 Å². The third kappa shape index (κ3) is 2.08. The van der Waals surface area contributed by atoms with Gasteiger partial charge in [0.2, 0.25) is 0 Å². The number of aliphatic hydroxyl groups is 1. The van der Waals surface area contributed by atoms with Crippen LogP contribution in [0.5, 0.6) is 0 Å². The number of rotatable bonds is 2. The quantitative estimate of drug-likeness (QED) is 0.867. The van der Waals surface area contributed by atoms with Crippen molar-refractivity contribution in [1.29, 1.82) is 0 Å². The molecule has 1 aliphatic heterocycles. The molecule has 1 aromatic rings. The van der Waals surface area contributed by atoms with E-state index < -0.39 is 5.60 Å². The molecule has 2 fully saturated rings. The maximum Gasteiger partial charge on any atom is 0.150 e. The van der Waals surface area contributed by atoms with Gasteiger partial charge in [0.05, 0.1) is 17.0 Å². The molecule has 112 valence electrons. The second-order valence-electron chi connectivity index (χ2n) is 6.38. The Hall–Kier alpha value is -1.23. The van der Waals surface area contributed by atoms with Gasteiger partial charge in [-0.3, -0.25) is 0 Å². The second-order valence-corrected chi connectivity index (χ2v) is 6.38. The van der Waals surface area contributed by atoms with E-state index in [1.54, 1.807) is 0 Å². The smallest absolute Gasteiger partial charge is 0.150 e. The van der Waals surface area contributed by atoms with Crippen LogP contribution in [0.2, 0.25) is 0 Å². The van der Waals surface area contributed by atoms with Crippen molar-refractivity contribution in [2.45, 2.75) is 58.1 Å². The van der Waals surface area contributed by atoms with Crippen LogP contribution in [-0.4, -0.2) is 33.6 Å². The van der Waals surface area contributed by atoms with E-state index in [1.807, 2.05) is 11.6 Å². The minimum absolute atomic E-state index is 0.380. The van der Waals surface area contributed by atoms with E-state index in [0.29, 0.717) is 5.92 Å². The van der Waals surface area contributed by atoms with Crippen molar-refractivity contribution >= 4 is 11.5 Å². The number of fused-ring (bicyclic) bond motifs is 1. The lowest BCUT2D eigenvalue weighted by atomic mass is 9.71. The maximum atomic E-state index is 10.8. The summed E-state index contributed by atoms with van der Waals surface area (Å²) < 4.78 is 2.00. The van der Waals surface area contributed by atoms with Crippen LogP contribution >= 0.6 is 0 Å². The minimum Gasteiger partial charge on any atom is -0.394 e. The van der Waals surface area contributed by atoms with Gasteiger partial charge in [0.1, 0.15) is 0 Å². The molecule has 5 nitrogen and oxygen atoms in total. The highest BCUT2D eigenvalue weighted by molar-refractivity contribution is 5.66. The first-order valence-corrected chi connectivity index (χ1v) is 7.85. The molecule has 5 heteroatoms. The minimum atomic E-state index is -0.435. The van der Waals surface area contributed by atoms with E-state index in [4.69, 9.17) is 5.73 Å². The molecular weight excluding hydrogens is 252 g/mol. The number of piperidine rings is 1. The lowest BCUT2D eigenvalue weighted by Crippen LogP contribution is -2.53. The summed E-state index contributed by atoms with van der Waals surface area (Å²) in [5.74, 6) is 1.43. The molecule has 3 N–H and O–H groups in total. The van der Waals surface area contributed by atoms with E-state index in [9.17, 15) is 5.11 Å². The fourth-order valence-corrected chi connectivity index (χ4v) is 3.90. The molecule has 1 aromatic heterocycles. The largest absolute Gasteiger partial charge is 0.394 e. The zero-order valence-electron chi connectivity index (χ0n) is 12.6. The van der Waals surface area contributed by atoms with E-state index in [-0.39, 0.29) is 0 Å². The van der Waals surface area contributed by atoms with Crippen LogP contribution in [0.3, 0.4) is 0 Å². The molecule has 2 aliphatic rings. The number of aryl methyl sites for hydroxylation is 2. The Bertz CT molecular complexity index is 498. The summed E-state index contributed by atoms with van der Waals surface area (Å²) in [4.78, 5) is 2.34. The summed E-state index contributed by atoms with van der Waals surface area (Å²) in [6, 6.07) is 0. The van der Waals surface area contributed by atoms with Gasteiger partial charge in [-0.1, -0.05) is 12.8 Å². The summed E-state index contributed by atoms with van der Waals surface area (Å²) in [5.41, 5.74) is 7.50. The van der Waals surface area contributed by atoms with Crippen molar-refractivity contribution in [3.8, 4) is 0 Å². The lowest BCUT2D eigenvalue weighted by Gasteiger charge is -2.48. The SMILES string of the molecule is CCn1nc(C)c(N)c1N1CCC2(O)CCCCC2C1. The Morgan fingerprint density at radius 2 is 2.20 bits per heavy atom. The van der Waals surface area contributed by atoms with Gasteiger partial charge < -0.3 is 15.7 Å². The number of nitrogens with two attached hydrogens (primary N) is 1. The van der Waals surface area contributed by atoms with Crippen LogP contribution in [0.25, 0.3) is 0 Å². The molecule has 2 unspecified atom stereocenters. The average Bonchev–Trinajstić information content (AvgIpc) is 2.73. The fraction of sp³-hybridized carbons (Fsp3) is 0.800. The van der Waals surface area contributed by atoms with Gasteiger partial charge in [0.15, 0.2) is 5.82 Å². The van der Waals surface area contributed by atoms with Crippen LogP contribution in [0, 0.1) is 12.8 Å². The number of hydrogen-bond donors (Lipinski definition) is 2. The van der Waals surface area contributed by atoms with Crippen molar-refractivity contribution in [3.05, 3.63) is 5.69 Å². The Balaban J connectivity index is 1.86. The van der Waals surface area contributed by atoms with Gasteiger partial charge in [-0.15, -0.1) is 0 Å². The van der Waals surface area contributed by atoms with Gasteiger partial charge >= 0.3 is 0 Å². The Kier molecular flexibility index (Phi) is 3.40. The molecule has 0 amide bonds. The number of anilines is 2. The number of nitrogens with zero attached hydrogens (tertiary/aromatic N) is 3. The molecule has 2 heterocycles. The van der Waals surface area contributed by atoms with Crippen molar-refractivity contribution in [2.24, 2.45) is 5.92 Å². The Labute approximate surface area is 120 Å². The Morgan fingerprint density at radius 1 is 1.40 bits per heavy atom. The zero-order valence-corrected chi connectivity index (χ0v) is 12.6. The van der Waals surface area contributed by atoms with Gasteiger partial charge in [-0.25, -0.2) is 4.68 Å². The first-order valence-electron chi connectivity index (χ1n) is 7.85. The molecule has 0 spiro atoms. The number of hydrogen-bond acceptors (Lipinski definition) is 4. The third-order valence-electron chi connectivity index (χ3n) is 5.17. The molecule has 0 bridgehead atoms. The average molecular weight is 278 g/mol. The van der Waals surface area contributed by atoms with Gasteiger partial charge in [-0.2, -0.15) is 5.10 Å². The van der Waals surface area contributed by atoms with Crippen LogP contribution in [0.1, 0.15) is 44.7 Å². The van der Waals surface area contributed by atoms with E-state index in [2.05, 4.69) is 16.9 Å². The van der Waals surface area contributed by atoms with Crippen LogP contribution < -0.4 is 10.6 Å². The molecule has 0 radical (unpaired) electrons. The fourth-order valence-electron chi connectivity index (χ4n) is 3.90. The van der Waals surface area contributed by atoms with Crippen LogP contribution in [-0.2, 0) is 6.54 Å². The van der Waals surface area contributed by atoms with E-state index in [1.165, 1.54) is 12.8 Å². The van der Waals surface area contributed by atoms with E-state index in [0.717, 1.165) is 56.1 Å². The molecule has 1 saturated heterocycles. The van der Waals surface area contributed by atoms with Crippen molar-refractivity contribution in [3.63, 3.8) is 0 Å². The predicted octanol–water partition coefficient (Wildman–Crippen LogP) is 1.93. The Morgan fingerprint density at radius 3 is 2.95 bits per heavy atom. The second kappa shape index (κ2) is 4.95. The summed E-state index contributed by atoms with van der Waals surface area (Å²) in [5, 5.41) is 15.3. The highest BCUT2D eigenvalue weighted by Gasteiger charge is 2.43. The summed E-state index contributed by atoms with van der Waals surface area (Å²) in [6.07, 6.45) is 5.35. The van der Waals surface area contributed by atoms with Crippen molar-refractivity contribution in [2.75, 3.05) is 23.7 Å². The molecular formula is C15H26N4O. The first-order chi connectivity index (χ1) is 9.55. The molecule has 0 aromatic carbocycles. The summed E-state index contributed by atoms with van der Waals surface area (Å²) >= 11 is 0. The van der Waals surface area contributed by atoms with Crippen LogP contribution in [0.4, 0.5) is 11.5 Å². The molecule has 3 rings (SSSR count). The van der Waals surface area contributed by atoms with Gasteiger partial charge in [0.25, 0.3) is 0 Å². The number of aromatic nitrogens is 2. The molecule has 1 saturated carbocycles. The highest BCUT2D eigenvalue weighted by atomic mass is 16.3. The first kappa shape index (κ1) is 13.7. The highest BCUT2D eigenvalue weighted by Crippen LogP contribution is 2.42. The maximum absolute atomic E-state index is 10.8. The third-order valence-corrected chi connectivity index (χ3v) is 5.17. The lowest BCUT2D eigenvalue weighted by molar-refractivity contribution is -0.0614. The standard InChI is InChI=1S/C15H26N4O/c1-3-19-14(13(16)11(2)17-19)18-9-8-15(20)7-5-4-6-12(15)10-18/h12,20H,3-10,16H2,1-2H3. The van der Waals surface area contributed by atoms with Crippen LogP contribution in [0.15, 0.2) is 0 Å². The zero-order chi connectivity index (χ0) is 14.3. The molecule has 20 heavy (non-hydrogen) atoms. The van der Waals surface area contributed by atoms with E-state index >= 15 is 0 Å². The van der Waals surface area contributed by atoms with Gasteiger partial charge in [-0.05, 0) is 33.1 Å². The number of nitrogen functional groups attached to an aromatic ring is 1. The monoisotopic (exact) mass is 278 g/mol. The van der Waals surface area contributed by atoms with Gasteiger partial charge in [0, 0.05) is 25.6 Å². The topological polar surface area (TPSA) is 67.3 Å². The van der Waals surface area contributed by atoms with Crippen molar-refractivity contribution < 1.29 is 5.11 Å². The summed E-state index contributed by atoms with van der Waals surface area (Å²) in [6.45, 7) is 6.68. The normalized spacial score (nSPS) is 30.4. The summed E-state index contributed by atoms with van der Waals surface area (Å²) in [7, 11) is 0. The molecule has 2 atom stereocenters.